The number of hydrogen-bond donors (Lipinski definition) is 2. The van der Waals surface area contributed by atoms with Crippen molar-refractivity contribution in [3.05, 3.63) is 41.5 Å². The number of Topliss-reactive ketones (excluding diaryl/α,β-unsaturated/α-hetero) is 1. The van der Waals surface area contributed by atoms with Gasteiger partial charge >= 0.3 is 5.97 Å². The van der Waals surface area contributed by atoms with Gasteiger partial charge in [0.2, 0.25) is 5.91 Å². The van der Waals surface area contributed by atoms with Gasteiger partial charge in [0.05, 0.1) is 5.56 Å². The van der Waals surface area contributed by atoms with E-state index in [1.165, 1.54) is 25.1 Å². The van der Waals surface area contributed by atoms with Gasteiger partial charge in [-0.1, -0.05) is 13.8 Å². The minimum atomic E-state index is -0.989. The molecule has 1 aliphatic rings. The Kier molecular flexibility index (Phi) is 5.42. The number of esters is 1. The summed E-state index contributed by atoms with van der Waals surface area (Å²) in [6.07, 6.45) is -0.193. The predicted molar refractivity (Wildman–Crippen MR) is 93.1 cm³/mol. The fourth-order valence-electron chi connectivity index (χ4n) is 2.72. The molecular weight excluding hydrogens is 322 g/mol. The topological polar surface area (TPSA) is 92.7 Å². The number of aliphatic hydroxyl groups excluding tert-OH is 1. The first kappa shape index (κ1) is 18.9. The zero-order chi connectivity index (χ0) is 18.8. The van der Waals surface area contributed by atoms with Crippen molar-refractivity contribution in [2.24, 2.45) is 5.41 Å². The van der Waals surface area contributed by atoms with Gasteiger partial charge < -0.3 is 15.2 Å². The zero-order valence-corrected chi connectivity index (χ0v) is 14.8. The summed E-state index contributed by atoms with van der Waals surface area (Å²) in [5.41, 5.74) is 0.635. The number of carbonyl (C=O) groups is 3. The Morgan fingerprint density at radius 1 is 1.24 bits per heavy atom. The van der Waals surface area contributed by atoms with Crippen LogP contribution in [0.3, 0.4) is 0 Å². The zero-order valence-electron chi connectivity index (χ0n) is 14.8. The standard InChI is InChI=1S/C19H23NO5/c1-11-9-16(17(23)19(3,4)10-15(11)22)25-18(24)13-5-7-14(8-6-13)20-12(2)21/h5-9,16-17,23H,10H2,1-4H3,(H,20,21). The largest absolute Gasteiger partial charge is 0.452 e. The molecule has 25 heavy (non-hydrogen) atoms. The lowest BCUT2D eigenvalue weighted by Gasteiger charge is -2.32. The maximum absolute atomic E-state index is 12.4. The van der Waals surface area contributed by atoms with Crippen molar-refractivity contribution in [3.63, 3.8) is 0 Å². The quantitative estimate of drug-likeness (QED) is 0.821. The van der Waals surface area contributed by atoms with E-state index in [0.717, 1.165) is 0 Å². The van der Waals surface area contributed by atoms with Gasteiger partial charge in [-0.3, -0.25) is 9.59 Å². The van der Waals surface area contributed by atoms with Crippen LogP contribution < -0.4 is 5.32 Å². The van der Waals surface area contributed by atoms with E-state index < -0.39 is 23.6 Å². The maximum atomic E-state index is 12.4. The molecule has 0 saturated heterocycles. The number of hydrogen-bond acceptors (Lipinski definition) is 5. The fraction of sp³-hybridized carbons (Fsp3) is 0.421. The van der Waals surface area contributed by atoms with E-state index in [1.807, 2.05) is 0 Å². The van der Waals surface area contributed by atoms with Crippen LogP contribution in [0.2, 0.25) is 0 Å². The molecular formula is C19H23NO5. The number of ketones is 1. The number of aliphatic hydroxyl groups is 1. The van der Waals surface area contributed by atoms with Gasteiger partial charge in [0.15, 0.2) is 5.78 Å². The van der Waals surface area contributed by atoms with Gasteiger partial charge in [-0.05, 0) is 42.8 Å². The second kappa shape index (κ2) is 7.19. The highest BCUT2D eigenvalue weighted by molar-refractivity contribution is 5.96. The van der Waals surface area contributed by atoms with E-state index in [2.05, 4.69) is 5.32 Å². The Balaban J connectivity index is 2.17. The third-order valence-corrected chi connectivity index (χ3v) is 4.27. The second-order valence-corrected chi connectivity index (χ2v) is 7.01. The number of anilines is 1. The molecule has 0 fully saturated rings. The lowest BCUT2D eigenvalue weighted by molar-refractivity contribution is -0.119. The molecule has 134 valence electrons. The van der Waals surface area contributed by atoms with Crippen LogP contribution in [0, 0.1) is 5.41 Å². The second-order valence-electron chi connectivity index (χ2n) is 7.01. The first-order valence-corrected chi connectivity index (χ1v) is 8.08. The SMILES string of the molecule is CC(=O)Nc1ccc(C(=O)OC2C=C(C)C(=O)CC(C)(C)C2O)cc1. The Labute approximate surface area is 146 Å². The minimum absolute atomic E-state index is 0.0674. The van der Waals surface area contributed by atoms with Gasteiger partial charge in [0.25, 0.3) is 0 Å². The molecule has 0 saturated carbocycles. The number of ether oxygens (including phenoxy) is 1. The highest BCUT2D eigenvalue weighted by Gasteiger charge is 2.40. The summed E-state index contributed by atoms with van der Waals surface area (Å²) in [7, 11) is 0. The molecule has 2 unspecified atom stereocenters. The van der Waals surface area contributed by atoms with Crippen LogP contribution in [0.1, 0.15) is 44.5 Å². The van der Waals surface area contributed by atoms with E-state index in [0.29, 0.717) is 16.8 Å². The molecule has 0 radical (unpaired) electrons. The van der Waals surface area contributed by atoms with E-state index in [1.54, 1.807) is 32.9 Å². The average Bonchev–Trinajstić information content (AvgIpc) is 2.58. The minimum Gasteiger partial charge on any atom is -0.452 e. The summed E-state index contributed by atoms with van der Waals surface area (Å²) >= 11 is 0. The molecule has 2 atom stereocenters. The molecule has 2 N–H and O–H groups in total. The summed E-state index contributed by atoms with van der Waals surface area (Å²) in [6, 6.07) is 6.25. The number of allylic oxidation sites excluding steroid dienone is 1. The van der Waals surface area contributed by atoms with Gasteiger partial charge in [0.1, 0.15) is 12.2 Å². The van der Waals surface area contributed by atoms with Crippen molar-refractivity contribution in [1.82, 2.24) is 0 Å². The number of nitrogens with one attached hydrogen (secondary N) is 1. The number of amides is 1. The summed E-state index contributed by atoms with van der Waals surface area (Å²) in [5.74, 6) is -0.876. The van der Waals surface area contributed by atoms with Crippen LogP contribution >= 0.6 is 0 Å². The predicted octanol–water partition coefficient (Wildman–Crippen LogP) is 2.48. The normalized spacial score (nSPS) is 22.6. The van der Waals surface area contributed by atoms with Crippen molar-refractivity contribution in [3.8, 4) is 0 Å². The molecule has 0 aliphatic heterocycles. The van der Waals surface area contributed by atoms with Crippen LogP contribution in [-0.2, 0) is 14.3 Å². The van der Waals surface area contributed by atoms with Gasteiger partial charge in [-0.2, -0.15) is 0 Å². The van der Waals surface area contributed by atoms with Crippen molar-refractivity contribution in [1.29, 1.82) is 0 Å². The van der Waals surface area contributed by atoms with Crippen LogP contribution in [0.25, 0.3) is 0 Å². The third-order valence-electron chi connectivity index (χ3n) is 4.27. The smallest absolute Gasteiger partial charge is 0.338 e. The number of rotatable bonds is 3. The Morgan fingerprint density at radius 2 is 1.84 bits per heavy atom. The summed E-state index contributed by atoms with van der Waals surface area (Å²) in [4.78, 5) is 35.4. The van der Waals surface area contributed by atoms with E-state index in [4.69, 9.17) is 4.74 Å². The van der Waals surface area contributed by atoms with Crippen molar-refractivity contribution in [2.75, 3.05) is 5.32 Å². The molecule has 6 heteroatoms. The highest BCUT2D eigenvalue weighted by Crippen LogP contribution is 2.34. The van der Waals surface area contributed by atoms with Crippen LogP contribution in [0.4, 0.5) is 5.69 Å². The van der Waals surface area contributed by atoms with E-state index in [-0.39, 0.29) is 18.1 Å². The van der Waals surface area contributed by atoms with Crippen LogP contribution in [0.15, 0.2) is 35.9 Å². The van der Waals surface area contributed by atoms with Gasteiger partial charge in [-0.15, -0.1) is 0 Å². The van der Waals surface area contributed by atoms with Crippen molar-refractivity contribution >= 4 is 23.3 Å². The van der Waals surface area contributed by atoms with E-state index in [9.17, 15) is 19.5 Å². The molecule has 1 aromatic rings. The highest BCUT2D eigenvalue weighted by atomic mass is 16.6. The molecule has 2 rings (SSSR count). The first-order chi connectivity index (χ1) is 11.6. The van der Waals surface area contributed by atoms with Gasteiger partial charge in [-0.25, -0.2) is 4.79 Å². The van der Waals surface area contributed by atoms with Crippen molar-refractivity contribution < 1.29 is 24.2 Å². The Bertz CT molecular complexity index is 718. The molecule has 1 amide bonds. The number of carbonyl (C=O) groups excluding carboxylic acids is 3. The Hall–Kier alpha value is -2.47. The molecule has 1 aromatic carbocycles. The Morgan fingerprint density at radius 3 is 2.40 bits per heavy atom. The molecule has 0 spiro atoms. The third kappa shape index (κ3) is 4.54. The summed E-state index contributed by atoms with van der Waals surface area (Å²) in [5, 5.41) is 13.1. The van der Waals surface area contributed by atoms with Gasteiger partial charge in [0, 0.05) is 24.4 Å². The van der Waals surface area contributed by atoms with Crippen LogP contribution in [-0.4, -0.2) is 35.0 Å². The first-order valence-electron chi connectivity index (χ1n) is 8.08. The average molecular weight is 345 g/mol. The lowest BCUT2D eigenvalue weighted by atomic mass is 9.80. The lowest BCUT2D eigenvalue weighted by Crippen LogP contribution is -2.40. The van der Waals surface area contributed by atoms with Crippen LogP contribution in [0.5, 0.6) is 0 Å². The molecule has 0 aromatic heterocycles. The summed E-state index contributed by atoms with van der Waals surface area (Å²) < 4.78 is 5.44. The molecule has 0 heterocycles. The van der Waals surface area contributed by atoms with Crippen molar-refractivity contribution in [2.45, 2.75) is 46.3 Å². The molecule has 0 bridgehead atoms. The summed E-state index contributed by atoms with van der Waals surface area (Å²) in [6.45, 7) is 6.59. The number of benzene rings is 1. The molecule has 1 aliphatic carbocycles. The molecule has 6 nitrogen and oxygen atoms in total. The monoisotopic (exact) mass is 345 g/mol. The van der Waals surface area contributed by atoms with E-state index >= 15 is 0 Å². The fourth-order valence-corrected chi connectivity index (χ4v) is 2.72. The maximum Gasteiger partial charge on any atom is 0.338 e.